The van der Waals surface area contributed by atoms with Crippen molar-refractivity contribution in [1.82, 2.24) is 10.5 Å². The van der Waals surface area contributed by atoms with E-state index in [4.69, 9.17) is 14.0 Å². The first-order valence-electron chi connectivity index (χ1n) is 9.96. The summed E-state index contributed by atoms with van der Waals surface area (Å²) in [5.74, 6) is -0.467. The van der Waals surface area contributed by atoms with Crippen molar-refractivity contribution in [2.75, 3.05) is 18.5 Å². The average molecular weight is 437 g/mol. The number of anilines is 1. The highest BCUT2D eigenvalue weighted by molar-refractivity contribution is 5.97. The van der Waals surface area contributed by atoms with E-state index in [1.807, 2.05) is 6.92 Å². The van der Waals surface area contributed by atoms with Crippen molar-refractivity contribution < 1.29 is 28.4 Å². The van der Waals surface area contributed by atoms with Crippen LogP contribution in [0.1, 0.15) is 34.7 Å². The van der Waals surface area contributed by atoms with Crippen LogP contribution in [-0.2, 0) is 14.3 Å². The first-order chi connectivity index (χ1) is 15.5. The maximum atomic E-state index is 12.7. The normalized spacial score (nSPS) is 11.3. The molecule has 2 amide bonds. The van der Waals surface area contributed by atoms with Gasteiger partial charge in [0.05, 0.1) is 6.61 Å². The van der Waals surface area contributed by atoms with E-state index in [1.54, 1.807) is 67.6 Å². The summed E-state index contributed by atoms with van der Waals surface area (Å²) in [6.45, 7) is 3.65. The van der Waals surface area contributed by atoms with E-state index in [-0.39, 0.29) is 5.82 Å². The van der Waals surface area contributed by atoms with Gasteiger partial charge in [-0.25, -0.2) is 0 Å². The van der Waals surface area contributed by atoms with Crippen molar-refractivity contribution in [2.24, 2.45) is 0 Å². The van der Waals surface area contributed by atoms with Gasteiger partial charge in [0, 0.05) is 17.2 Å². The van der Waals surface area contributed by atoms with Crippen molar-refractivity contribution in [3.05, 3.63) is 77.6 Å². The fourth-order valence-corrected chi connectivity index (χ4v) is 2.81. The van der Waals surface area contributed by atoms with E-state index in [9.17, 15) is 14.4 Å². The number of carbonyl (C=O) groups is 3. The molecule has 0 spiro atoms. The molecule has 32 heavy (non-hydrogen) atoms. The maximum Gasteiger partial charge on any atom is 0.326 e. The van der Waals surface area contributed by atoms with Crippen molar-refractivity contribution in [1.29, 1.82) is 0 Å². The first-order valence-corrected chi connectivity index (χ1v) is 9.96. The van der Waals surface area contributed by atoms with Crippen LogP contribution in [-0.4, -0.2) is 36.1 Å². The highest BCUT2D eigenvalue weighted by Gasteiger charge is 2.26. The van der Waals surface area contributed by atoms with Crippen LogP contribution in [0.2, 0.25) is 0 Å². The summed E-state index contributed by atoms with van der Waals surface area (Å²) in [7, 11) is 0. The molecule has 2 aromatic carbocycles. The third kappa shape index (κ3) is 6.18. The third-order valence-electron chi connectivity index (χ3n) is 4.29. The summed E-state index contributed by atoms with van der Waals surface area (Å²) in [6, 6.07) is 16.6. The smallest absolute Gasteiger partial charge is 0.326 e. The van der Waals surface area contributed by atoms with Gasteiger partial charge in [-0.15, -0.1) is 0 Å². The fourth-order valence-electron chi connectivity index (χ4n) is 2.81. The van der Waals surface area contributed by atoms with Crippen LogP contribution in [0.5, 0.6) is 5.75 Å². The zero-order chi connectivity index (χ0) is 22.9. The highest BCUT2D eigenvalue weighted by atomic mass is 16.5. The van der Waals surface area contributed by atoms with Crippen molar-refractivity contribution >= 4 is 23.6 Å². The second-order valence-electron chi connectivity index (χ2n) is 6.73. The molecule has 3 rings (SSSR count). The zero-order valence-corrected chi connectivity index (χ0v) is 17.7. The SMILES string of the molecule is CCOc1ccc(C(=O)NCC(=O)O[C@@H](C(=O)Nc2cc(C)on2)c2ccccc2)cc1. The Labute approximate surface area is 184 Å². The molecule has 0 aliphatic rings. The molecule has 9 heteroatoms. The van der Waals surface area contributed by atoms with E-state index in [1.165, 1.54) is 0 Å². The van der Waals surface area contributed by atoms with Crippen LogP contribution in [0.3, 0.4) is 0 Å². The molecule has 0 saturated heterocycles. The van der Waals surface area contributed by atoms with Crippen molar-refractivity contribution in [3.8, 4) is 5.75 Å². The number of hydrogen-bond acceptors (Lipinski definition) is 7. The lowest BCUT2D eigenvalue weighted by Crippen LogP contribution is -2.33. The predicted molar refractivity (Wildman–Crippen MR) is 115 cm³/mol. The molecule has 9 nitrogen and oxygen atoms in total. The van der Waals surface area contributed by atoms with Gasteiger partial charge in [0.25, 0.3) is 11.8 Å². The number of ether oxygens (including phenoxy) is 2. The Kier molecular flexibility index (Phi) is 7.58. The van der Waals surface area contributed by atoms with Gasteiger partial charge in [-0.05, 0) is 38.1 Å². The number of aromatic nitrogens is 1. The van der Waals surface area contributed by atoms with Crippen LogP contribution >= 0.6 is 0 Å². The minimum absolute atomic E-state index is 0.202. The number of nitrogens with zero attached hydrogens (tertiary/aromatic N) is 1. The molecule has 0 bridgehead atoms. The van der Waals surface area contributed by atoms with E-state index < -0.39 is 30.4 Å². The predicted octanol–water partition coefficient (Wildman–Crippen LogP) is 3.03. The Hall–Kier alpha value is -4.14. The van der Waals surface area contributed by atoms with Gasteiger partial charge < -0.3 is 24.6 Å². The molecular weight excluding hydrogens is 414 g/mol. The summed E-state index contributed by atoms with van der Waals surface area (Å²) in [5.41, 5.74) is 0.830. The van der Waals surface area contributed by atoms with Crippen LogP contribution in [0.25, 0.3) is 0 Å². The van der Waals surface area contributed by atoms with Crippen molar-refractivity contribution in [2.45, 2.75) is 20.0 Å². The van der Waals surface area contributed by atoms with Crippen LogP contribution < -0.4 is 15.4 Å². The monoisotopic (exact) mass is 437 g/mol. The highest BCUT2D eigenvalue weighted by Crippen LogP contribution is 2.20. The zero-order valence-electron chi connectivity index (χ0n) is 17.7. The minimum atomic E-state index is -1.23. The number of carbonyl (C=O) groups excluding carboxylic acids is 3. The van der Waals surface area contributed by atoms with Gasteiger partial charge in [-0.2, -0.15) is 0 Å². The standard InChI is InChI=1S/C23H23N3O6/c1-3-30-18-11-9-17(10-12-18)22(28)24-14-20(27)31-21(16-7-5-4-6-8-16)23(29)25-19-13-15(2)32-26-19/h4-13,21H,3,14H2,1-2H3,(H,24,28)(H,25,26,29)/t21-/m1/s1. The number of hydrogen-bond donors (Lipinski definition) is 2. The lowest BCUT2D eigenvalue weighted by Gasteiger charge is -2.17. The molecule has 3 aromatic rings. The van der Waals surface area contributed by atoms with Crippen LogP contribution in [0, 0.1) is 6.92 Å². The average Bonchev–Trinajstić information content (AvgIpc) is 3.21. The topological polar surface area (TPSA) is 120 Å². The Morgan fingerprint density at radius 1 is 1.06 bits per heavy atom. The molecule has 0 aliphatic heterocycles. The van der Waals surface area contributed by atoms with Gasteiger partial charge >= 0.3 is 5.97 Å². The number of esters is 1. The Morgan fingerprint density at radius 2 is 1.78 bits per heavy atom. The quantitative estimate of drug-likeness (QED) is 0.494. The van der Waals surface area contributed by atoms with Gasteiger partial charge in [0.15, 0.2) is 5.82 Å². The maximum absolute atomic E-state index is 12.7. The minimum Gasteiger partial charge on any atom is -0.494 e. The summed E-state index contributed by atoms with van der Waals surface area (Å²) in [5, 5.41) is 8.75. The summed E-state index contributed by atoms with van der Waals surface area (Å²) in [6.07, 6.45) is -1.23. The molecule has 1 heterocycles. The number of aryl methyl sites for hydroxylation is 1. The summed E-state index contributed by atoms with van der Waals surface area (Å²) < 4.78 is 15.6. The number of nitrogens with one attached hydrogen (secondary N) is 2. The van der Waals surface area contributed by atoms with Gasteiger partial charge in [-0.3, -0.25) is 14.4 Å². The molecule has 166 valence electrons. The number of rotatable bonds is 9. The largest absolute Gasteiger partial charge is 0.494 e. The first kappa shape index (κ1) is 22.5. The number of amides is 2. The lowest BCUT2D eigenvalue weighted by molar-refractivity contribution is -0.153. The molecule has 2 N–H and O–H groups in total. The van der Waals surface area contributed by atoms with Gasteiger partial charge in [0.1, 0.15) is 18.1 Å². The van der Waals surface area contributed by atoms with E-state index in [0.29, 0.717) is 29.2 Å². The molecule has 1 atom stereocenters. The fraction of sp³-hybridized carbons (Fsp3) is 0.217. The Bertz CT molecular complexity index is 1060. The number of benzene rings is 2. The third-order valence-corrected chi connectivity index (χ3v) is 4.29. The summed E-state index contributed by atoms with van der Waals surface area (Å²) >= 11 is 0. The van der Waals surface area contributed by atoms with E-state index >= 15 is 0 Å². The van der Waals surface area contributed by atoms with Gasteiger partial charge in [-0.1, -0.05) is 35.5 Å². The van der Waals surface area contributed by atoms with E-state index in [2.05, 4.69) is 15.8 Å². The Morgan fingerprint density at radius 3 is 2.41 bits per heavy atom. The van der Waals surface area contributed by atoms with Gasteiger partial charge in [0.2, 0.25) is 6.10 Å². The van der Waals surface area contributed by atoms with Crippen LogP contribution in [0.15, 0.2) is 65.2 Å². The second kappa shape index (κ2) is 10.8. The second-order valence-corrected chi connectivity index (χ2v) is 6.73. The molecule has 0 unspecified atom stereocenters. The molecular formula is C23H23N3O6. The molecule has 0 aliphatic carbocycles. The molecule has 0 radical (unpaired) electrons. The molecule has 0 fully saturated rings. The van der Waals surface area contributed by atoms with Crippen molar-refractivity contribution in [3.63, 3.8) is 0 Å². The lowest BCUT2D eigenvalue weighted by atomic mass is 10.1. The van der Waals surface area contributed by atoms with E-state index in [0.717, 1.165) is 0 Å². The summed E-state index contributed by atoms with van der Waals surface area (Å²) in [4.78, 5) is 37.4. The molecule has 1 aromatic heterocycles. The van der Waals surface area contributed by atoms with Crippen LogP contribution in [0.4, 0.5) is 5.82 Å². The molecule has 0 saturated carbocycles. The Balaban J connectivity index is 1.61.